The molecule has 0 bridgehead atoms. The van der Waals surface area contributed by atoms with E-state index in [4.69, 9.17) is 4.42 Å². The Bertz CT molecular complexity index is 2010. The molecule has 7 rings (SSSR count). The van der Waals surface area contributed by atoms with Gasteiger partial charge in [0.25, 0.3) is 0 Å². The van der Waals surface area contributed by atoms with Crippen molar-refractivity contribution in [2.45, 2.75) is 0 Å². The van der Waals surface area contributed by atoms with E-state index in [9.17, 15) is 12.3 Å². The van der Waals surface area contributed by atoms with E-state index in [0.29, 0.717) is 5.69 Å². The lowest BCUT2D eigenvalue weighted by atomic mass is 10.1. The molecular weight excluding hydrogens is 561 g/mol. The zero-order valence-corrected chi connectivity index (χ0v) is 23.9. The maximum Gasteiger partial charge on any atom is 0.653 e. The van der Waals surface area contributed by atoms with Gasteiger partial charge in [-0.15, -0.1) is 0 Å². The molecule has 3 nitrogen and oxygen atoms in total. The van der Waals surface area contributed by atoms with Crippen molar-refractivity contribution in [3.8, 4) is 0 Å². The third-order valence-corrected chi connectivity index (χ3v) is 8.46. The van der Waals surface area contributed by atoms with Crippen molar-refractivity contribution in [1.82, 2.24) is 0 Å². The van der Waals surface area contributed by atoms with Crippen molar-refractivity contribution >= 4 is 70.3 Å². The van der Waals surface area contributed by atoms with E-state index >= 15 is 0 Å². The highest BCUT2D eigenvalue weighted by Crippen LogP contribution is 2.43. The molecule has 7 heteroatoms. The minimum absolute atomic E-state index is 0.544. The minimum Gasteiger partial charge on any atom is -0.454 e. The zero-order valence-electron chi connectivity index (χ0n) is 22.9. The van der Waals surface area contributed by atoms with Crippen molar-refractivity contribution in [3.63, 3.8) is 0 Å². The monoisotopic (exact) mass is 586 g/mol. The van der Waals surface area contributed by atoms with E-state index < -0.39 is 14.3 Å². The fourth-order valence-electron chi connectivity index (χ4n) is 5.49. The summed E-state index contributed by atoms with van der Waals surface area (Å²) < 4.78 is 46.7. The third-order valence-electron chi connectivity index (χ3n) is 7.47. The maximum atomic E-state index is 13.4. The molecule has 43 heavy (non-hydrogen) atoms. The van der Waals surface area contributed by atoms with Crippen LogP contribution in [-0.2, 0) is 0 Å². The molecule has 0 saturated carbocycles. The lowest BCUT2D eigenvalue weighted by Crippen LogP contribution is -2.33. The molecule has 0 saturated heterocycles. The van der Waals surface area contributed by atoms with Crippen LogP contribution < -0.4 is 15.0 Å². The second-order valence-electron chi connectivity index (χ2n) is 10.2. The first kappa shape index (κ1) is 26.6. The number of furan rings is 1. The Kier molecular flexibility index (Phi) is 6.72. The van der Waals surface area contributed by atoms with Gasteiger partial charge in [0.15, 0.2) is 5.58 Å². The molecule has 0 aliphatic heterocycles. The number of benzene rings is 6. The second-order valence-corrected chi connectivity index (χ2v) is 11.7. The summed E-state index contributed by atoms with van der Waals surface area (Å²) in [6.07, 6.45) is 0. The van der Waals surface area contributed by atoms with Crippen molar-refractivity contribution < 1.29 is 16.7 Å². The average Bonchev–Trinajstić information content (AvgIpc) is 3.43. The van der Waals surface area contributed by atoms with E-state index in [0.717, 1.165) is 50.4 Å². The smallest absolute Gasteiger partial charge is 0.454 e. The molecule has 0 radical (unpaired) electrons. The highest BCUT2D eigenvalue weighted by molar-refractivity contribution is 6.73. The van der Waals surface area contributed by atoms with Gasteiger partial charge in [0.1, 0.15) is 5.58 Å². The molecule has 0 spiro atoms. The van der Waals surface area contributed by atoms with Crippen molar-refractivity contribution in [1.29, 1.82) is 0 Å². The largest absolute Gasteiger partial charge is 0.653 e. The molecule has 210 valence electrons. The molecule has 0 aliphatic carbocycles. The fourth-order valence-corrected chi connectivity index (χ4v) is 6.03. The summed E-state index contributed by atoms with van der Waals surface area (Å²) in [5.74, 6) is 0. The van der Waals surface area contributed by atoms with Crippen LogP contribution in [-0.4, -0.2) is 9.08 Å². The number of nitrogens with zero attached hydrogens (tertiary/aromatic N) is 2. The number of rotatable bonds is 7. The van der Waals surface area contributed by atoms with Gasteiger partial charge < -0.3 is 14.2 Å². The first-order valence-corrected chi connectivity index (χ1v) is 15.5. The van der Waals surface area contributed by atoms with Crippen LogP contribution in [0.3, 0.4) is 0 Å². The molecule has 7 aromatic rings. The van der Waals surface area contributed by atoms with Crippen LogP contribution in [0.2, 0.25) is 0 Å². The van der Waals surface area contributed by atoms with Crippen molar-refractivity contribution in [3.05, 3.63) is 152 Å². The first-order valence-electron chi connectivity index (χ1n) is 13.9. The van der Waals surface area contributed by atoms with Gasteiger partial charge in [-0.3, -0.25) is 0 Å². The Labute approximate surface area is 248 Å². The number of anilines is 6. The molecule has 0 aliphatic rings. The summed E-state index contributed by atoms with van der Waals surface area (Å²) in [6, 6.07) is 47.4. The number of para-hydroxylation sites is 4. The van der Waals surface area contributed by atoms with Gasteiger partial charge in [-0.2, -0.15) is 0 Å². The predicted octanol–water partition coefficient (Wildman–Crippen LogP) is 10.6. The van der Waals surface area contributed by atoms with Gasteiger partial charge in [-0.05, 0) is 72.8 Å². The lowest BCUT2D eigenvalue weighted by Gasteiger charge is -2.28. The van der Waals surface area contributed by atoms with E-state index in [1.54, 1.807) is 0 Å². The molecule has 0 atom stereocenters. The van der Waals surface area contributed by atoms with E-state index in [-0.39, 0.29) is 0 Å². The summed E-state index contributed by atoms with van der Waals surface area (Å²) in [5.41, 5.74) is 6.71. The summed E-state index contributed by atoms with van der Waals surface area (Å²) in [7, 11) is -5.90. The zero-order chi connectivity index (χ0) is 29.4. The first-order chi connectivity index (χ1) is 21.0. The topological polar surface area (TPSA) is 19.6 Å². The summed E-state index contributed by atoms with van der Waals surface area (Å²) in [5, 5.41) is 1.55. The highest BCUT2D eigenvalue weighted by atomic mass is 28.5. The summed E-state index contributed by atoms with van der Waals surface area (Å²) in [4.78, 5) is 4.11. The SMILES string of the molecule is F[Si](F)(F)c1ccc(N(c2ccccc2)c2ccc(N(c3ccccc3)c3cccc4c3oc3ccccc34)cc2)cc1. The van der Waals surface area contributed by atoms with Crippen LogP contribution in [0.1, 0.15) is 0 Å². The van der Waals surface area contributed by atoms with Gasteiger partial charge in [-0.25, -0.2) is 12.3 Å². The molecule has 0 N–H and O–H groups in total. The van der Waals surface area contributed by atoms with Gasteiger partial charge >= 0.3 is 9.08 Å². The van der Waals surface area contributed by atoms with Crippen LogP contribution in [0.15, 0.2) is 156 Å². The summed E-state index contributed by atoms with van der Waals surface area (Å²) in [6.45, 7) is 0. The normalized spacial score (nSPS) is 11.6. The Morgan fingerprint density at radius 1 is 0.419 bits per heavy atom. The fraction of sp³-hybridized carbons (Fsp3) is 0. The minimum atomic E-state index is -5.90. The second kappa shape index (κ2) is 10.9. The maximum absolute atomic E-state index is 13.4. The van der Waals surface area contributed by atoms with E-state index in [2.05, 4.69) is 29.2 Å². The van der Waals surface area contributed by atoms with Crippen LogP contribution >= 0.6 is 0 Å². The van der Waals surface area contributed by atoms with Crippen LogP contribution in [0.25, 0.3) is 21.9 Å². The number of fused-ring (bicyclic) bond motifs is 3. The third kappa shape index (κ3) is 5.04. The quantitative estimate of drug-likeness (QED) is 0.137. The van der Waals surface area contributed by atoms with Gasteiger partial charge in [0, 0.05) is 44.4 Å². The summed E-state index contributed by atoms with van der Waals surface area (Å²) >= 11 is 0. The highest BCUT2D eigenvalue weighted by Gasteiger charge is 2.39. The molecule has 1 aromatic heterocycles. The van der Waals surface area contributed by atoms with E-state index in [1.807, 2.05) is 108 Å². The standard InChI is InChI=1S/C36H25F3N2OSi/c37-43(38,39)31-24-22-29(23-25-31)40(26-10-3-1-4-11-26)28-18-20-30(21-19-28)41(27-12-5-2-6-13-27)34-16-9-15-33-32-14-7-8-17-35(32)42-36(33)34/h1-25H. The van der Waals surface area contributed by atoms with Gasteiger partial charge in [0.05, 0.1) is 5.69 Å². The molecular formula is C36H25F3N2OSi. The van der Waals surface area contributed by atoms with Crippen molar-refractivity contribution in [2.75, 3.05) is 9.80 Å². The average molecular weight is 587 g/mol. The Hall–Kier alpha value is -5.27. The van der Waals surface area contributed by atoms with Gasteiger partial charge in [-0.1, -0.05) is 78.9 Å². The van der Waals surface area contributed by atoms with Crippen LogP contribution in [0.4, 0.5) is 46.4 Å². The molecule has 0 amide bonds. The molecule has 6 aromatic carbocycles. The molecule has 0 unspecified atom stereocenters. The van der Waals surface area contributed by atoms with Gasteiger partial charge in [0.2, 0.25) is 0 Å². The Morgan fingerprint density at radius 2 is 0.884 bits per heavy atom. The van der Waals surface area contributed by atoms with E-state index in [1.165, 1.54) is 24.3 Å². The van der Waals surface area contributed by atoms with Crippen molar-refractivity contribution in [2.24, 2.45) is 0 Å². The number of hydrogen-bond donors (Lipinski definition) is 0. The number of hydrogen-bond acceptors (Lipinski definition) is 3. The predicted molar refractivity (Wildman–Crippen MR) is 172 cm³/mol. The molecule has 0 fully saturated rings. The van der Waals surface area contributed by atoms with Crippen LogP contribution in [0.5, 0.6) is 0 Å². The number of halogens is 3. The Balaban J connectivity index is 1.34. The lowest BCUT2D eigenvalue weighted by molar-refractivity contribution is 0.501. The molecule has 1 heterocycles. The Morgan fingerprint density at radius 3 is 1.49 bits per heavy atom. The van der Waals surface area contributed by atoms with Crippen LogP contribution in [0, 0.1) is 0 Å².